The third kappa shape index (κ3) is 1.53. The van der Waals surface area contributed by atoms with Gasteiger partial charge in [0, 0.05) is 6.20 Å². The molecule has 0 aromatic carbocycles. The smallest absolute Gasteiger partial charge is 0.327 e. The van der Waals surface area contributed by atoms with E-state index >= 15 is 0 Å². The summed E-state index contributed by atoms with van der Waals surface area (Å²) >= 11 is 0. The second kappa shape index (κ2) is 3.66. The van der Waals surface area contributed by atoms with E-state index in [1.165, 1.54) is 0 Å². The largest absolute Gasteiger partial charge is 0.331 e. The first-order valence-corrected chi connectivity index (χ1v) is 5.29. The monoisotopic (exact) mass is 243 g/mol. The molecule has 0 fully saturated rings. The molecule has 3 heterocycles. The summed E-state index contributed by atoms with van der Waals surface area (Å²) in [5.74, 6) is 0.454. The van der Waals surface area contributed by atoms with Crippen LogP contribution in [-0.4, -0.2) is 24.9 Å². The van der Waals surface area contributed by atoms with Gasteiger partial charge in [-0.15, -0.1) is 0 Å². The number of nitrogens with one attached hydrogen (secondary N) is 3. The van der Waals surface area contributed by atoms with E-state index in [2.05, 4.69) is 24.9 Å². The first kappa shape index (κ1) is 10.5. The number of hydrogen-bond acceptors (Lipinski definition) is 4. The molecule has 0 saturated heterocycles. The average molecular weight is 243 g/mol. The standard InChI is InChI=1S/C11H9N5O2/c1-5-3-2-4-12-6(5)8-13-7-9(14-8)15-11(18)16-10(7)17/h2-4H,1H3,(H3,13,14,15,16,17,18). The number of fused-ring (bicyclic) bond motifs is 1. The number of nitrogens with zero attached hydrogens (tertiary/aromatic N) is 2. The zero-order valence-corrected chi connectivity index (χ0v) is 9.44. The van der Waals surface area contributed by atoms with Crippen LogP contribution in [0.15, 0.2) is 27.9 Å². The van der Waals surface area contributed by atoms with Crippen LogP contribution >= 0.6 is 0 Å². The number of imidazole rings is 1. The number of aromatic nitrogens is 5. The Hall–Kier alpha value is -2.70. The van der Waals surface area contributed by atoms with E-state index in [4.69, 9.17) is 0 Å². The van der Waals surface area contributed by atoms with Gasteiger partial charge in [0.15, 0.2) is 11.5 Å². The van der Waals surface area contributed by atoms with Crippen molar-refractivity contribution >= 4 is 11.2 Å². The van der Waals surface area contributed by atoms with E-state index in [1.807, 2.05) is 19.1 Å². The van der Waals surface area contributed by atoms with Gasteiger partial charge in [-0.2, -0.15) is 0 Å². The van der Waals surface area contributed by atoms with Crippen LogP contribution in [0.5, 0.6) is 0 Å². The molecule has 0 unspecified atom stereocenters. The molecule has 3 aromatic rings. The van der Waals surface area contributed by atoms with Crippen molar-refractivity contribution in [1.82, 2.24) is 24.9 Å². The van der Waals surface area contributed by atoms with Gasteiger partial charge in [0.05, 0.1) is 0 Å². The fourth-order valence-electron chi connectivity index (χ4n) is 1.78. The molecular formula is C11H9N5O2. The van der Waals surface area contributed by atoms with Gasteiger partial charge >= 0.3 is 5.69 Å². The van der Waals surface area contributed by atoms with E-state index in [9.17, 15) is 9.59 Å². The zero-order chi connectivity index (χ0) is 12.7. The second-order valence-corrected chi connectivity index (χ2v) is 3.89. The van der Waals surface area contributed by atoms with Gasteiger partial charge in [-0.1, -0.05) is 6.07 Å². The third-order valence-corrected chi connectivity index (χ3v) is 2.62. The number of aryl methyl sites for hydroxylation is 1. The van der Waals surface area contributed by atoms with Gasteiger partial charge in [-0.25, -0.2) is 9.78 Å². The Morgan fingerprint density at radius 3 is 2.78 bits per heavy atom. The van der Waals surface area contributed by atoms with Crippen molar-refractivity contribution in [3.05, 3.63) is 44.7 Å². The molecule has 0 aliphatic carbocycles. The maximum atomic E-state index is 11.6. The third-order valence-electron chi connectivity index (χ3n) is 2.62. The summed E-state index contributed by atoms with van der Waals surface area (Å²) in [4.78, 5) is 38.5. The summed E-state index contributed by atoms with van der Waals surface area (Å²) in [7, 11) is 0. The molecule has 0 saturated carbocycles. The average Bonchev–Trinajstić information content (AvgIpc) is 2.73. The second-order valence-electron chi connectivity index (χ2n) is 3.89. The highest BCUT2D eigenvalue weighted by Gasteiger charge is 2.11. The lowest BCUT2D eigenvalue weighted by atomic mass is 10.2. The van der Waals surface area contributed by atoms with Crippen LogP contribution in [0.2, 0.25) is 0 Å². The molecule has 7 heteroatoms. The molecule has 7 nitrogen and oxygen atoms in total. The van der Waals surface area contributed by atoms with Gasteiger partial charge in [0.2, 0.25) is 0 Å². The summed E-state index contributed by atoms with van der Waals surface area (Å²) in [5, 5.41) is 0. The van der Waals surface area contributed by atoms with E-state index in [-0.39, 0.29) is 11.2 Å². The van der Waals surface area contributed by atoms with Gasteiger partial charge in [0.25, 0.3) is 5.56 Å². The first-order chi connectivity index (χ1) is 8.65. The topological polar surface area (TPSA) is 107 Å². The summed E-state index contributed by atoms with van der Waals surface area (Å²) in [6.45, 7) is 1.89. The molecule has 18 heavy (non-hydrogen) atoms. The van der Waals surface area contributed by atoms with Crippen molar-refractivity contribution in [1.29, 1.82) is 0 Å². The van der Waals surface area contributed by atoms with Crippen molar-refractivity contribution in [2.45, 2.75) is 6.92 Å². The molecule has 0 atom stereocenters. The van der Waals surface area contributed by atoms with E-state index in [0.29, 0.717) is 11.5 Å². The molecule has 0 aliphatic heterocycles. The molecule has 0 radical (unpaired) electrons. The highest BCUT2D eigenvalue weighted by molar-refractivity contribution is 5.74. The number of aromatic amines is 3. The van der Waals surface area contributed by atoms with E-state index < -0.39 is 11.2 Å². The first-order valence-electron chi connectivity index (χ1n) is 5.29. The van der Waals surface area contributed by atoms with Gasteiger partial charge < -0.3 is 4.98 Å². The van der Waals surface area contributed by atoms with Crippen LogP contribution in [0.3, 0.4) is 0 Å². The van der Waals surface area contributed by atoms with Gasteiger partial charge in [-0.3, -0.25) is 19.7 Å². The lowest BCUT2D eigenvalue weighted by Crippen LogP contribution is -2.21. The molecular weight excluding hydrogens is 234 g/mol. The van der Waals surface area contributed by atoms with Gasteiger partial charge in [0.1, 0.15) is 11.2 Å². The molecule has 3 rings (SSSR count). The zero-order valence-electron chi connectivity index (χ0n) is 9.44. The maximum Gasteiger partial charge on any atom is 0.327 e. The highest BCUT2D eigenvalue weighted by Crippen LogP contribution is 2.18. The van der Waals surface area contributed by atoms with Crippen LogP contribution in [0.4, 0.5) is 0 Å². The fourth-order valence-corrected chi connectivity index (χ4v) is 1.78. The van der Waals surface area contributed by atoms with Crippen LogP contribution < -0.4 is 11.2 Å². The predicted octanol–water partition coefficient (Wildman–Crippen LogP) is 0.310. The van der Waals surface area contributed by atoms with E-state index in [0.717, 1.165) is 5.56 Å². The van der Waals surface area contributed by atoms with Crippen molar-refractivity contribution in [2.24, 2.45) is 0 Å². The lowest BCUT2D eigenvalue weighted by molar-refractivity contribution is 1.07. The molecule has 3 N–H and O–H groups in total. The number of hydrogen-bond donors (Lipinski definition) is 3. The summed E-state index contributed by atoms with van der Waals surface area (Å²) in [5.41, 5.74) is 0.951. The number of pyridine rings is 1. The lowest BCUT2D eigenvalue weighted by Gasteiger charge is -1.98. The number of rotatable bonds is 1. The minimum absolute atomic E-state index is 0.226. The maximum absolute atomic E-state index is 11.6. The fraction of sp³-hybridized carbons (Fsp3) is 0.0909. The quantitative estimate of drug-likeness (QED) is 0.571. The van der Waals surface area contributed by atoms with Crippen LogP contribution in [0.1, 0.15) is 5.56 Å². The summed E-state index contributed by atoms with van der Waals surface area (Å²) in [6, 6.07) is 3.71. The van der Waals surface area contributed by atoms with Crippen LogP contribution in [0, 0.1) is 6.92 Å². The van der Waals surface area contributed by atoms with Crippen LogP contribution in [0.25, 0.3) is 22.7 Å². The SMILES string of the molecule is Cc1cccnc1-c1nc2[nH]c(=O)[nH]c(=O)c2[nH]1. The minimum Gasteiger partial charge on any atom is -0.331 e. The Kier molecular flexibility index (Phi) is 2.12. The number of H-pyrrole nitrogens is 3. The molecule has 0 bridgehead atoms. The molecule has 90 valence electrons. The molecule has 0 amide bonds. The van der Waals surface area contributed by atoms with E-state index in [1.54, 1.807) is 6.20 Å². The minimum atomic E-state index is -0.580. The Morgan fingerprint density at radius 1 is 1.17 bits per heavy atom. The Balaban J connectivity index is 2.33. The Bertz CT molecular complexity index is 842. The molecule has 3 aromatic heterocycles. The molecule has 0 aliphatic rings. The Morgan fingerprint density at radius 2 is 2.00 bits per heavy atom. The van der Waals surface area contributed by atoms with Gasteiger partial charge in [-0.05, 0) is 18.6 Å². The predicted molar refractivity (Wildman–Crippen MR) is 65.3 cm³/mol. The van der Waals surface area contributed by atoms with Crippen molar-refractivity contribution in [3.8, 4) is 11.5 Å². The summed E-state index contributed by atoms with van der Waals surface area (Å²) in [6.07, 6.45) is 1.64. The van der Waals surface area contributed by atoms with Crippen molar-refractivity contribution < 1.29 is 0 Å². The van der Waals surface area contributed by atoms with Crippen molar-refractivity contribution in [3.63, 3.8) is 0 Å². The van der Waals surface area contributed by atoms with Crippen molar-refractivity contribution in [2.75, 3.05) is 0 Å². The highest BCUT2D eigenvalue weighted by atomic mass is 16.2. The summed E-state index contributed by atoms with van der Waals surface area (Å²) < 4.78 is 0. The normalized spacial score (nSPS) is 10.9. The Labute approximate surface area is 99.9 Å². The molecule has 0 spiro atoms. The van der Waals surface area contributed by atoms with Crippen LogP contribution in [-0.2, 0) is 0 Å².